The van der Waals surface area contributed by atoms with Gasteiger partial charge < -0.3 is 10.2 Å². The highest BCUT2D eigenvalue weighted by Gasteiger charge is 2.25. The number of thiazole rings is 1. The summed E-state index contributed by atoms with van der Waals surface area (Å²) in [6.07, 6.45) is -0.173. The quantitative estimate of drug-likeness (QED) is 0.743. The van der Waals surface area contributed by atoms with Gasteiger partial charge in [-0.05, 0) is 30.4 Å². The molecule has 0 saturated carbocycles. The normalized spacial score (nSPS) is 13.1. The van der Waals surface area contributed by atoms with E-state index in [1.807, 2.05) is 0 Å². The van der Waals surface area contributed by atoms with Crippen LogP contribution in [0.15, 0.2) is 27.7 Å². The van der Waals surface area contributed by atoms with Crippen LogP contribution in [0, 0.1) is 3.95 Å². The standard InChI is InChI=1S/C14H9BrN2O4S2/c15-6-1-2-8-7(5-6)10(12(20)16-8)11-13(21)17(14(22)23-11)4-3-9(18)19/h1-2,5,21H,3-4H2,(H,18,19). The predicted molar refractivity (Wildman–Crippen MR) is 89.5 cm³/mol. The summed E-state index contributed by atoms with van der Waals surface area (Å²) in [4.78, 5) is 27.2. The van der Waals surface area contributed by atoms with Gasteiger partial charge in [0.15, 0.2) is 3.95 Å². The minimum Gasteiger partial charge on any atom is -0.493 e. The van der Waals surface area contributed by atoms with Gasteiger partial charge in [-0.1, -0.05) is 15.9 Å². The Kier molecular flexibility index (Phi) is 4.17. The van der Waals surface area contributed by atoms with Gasteiger partial charge in [0.1, 0.15) is 4.88 Å². The van der Waals surface area contributed by atoms with Gasteiger partial charge in [0, 0.05) is 16.2 Å². The van der Waals surface area contributed by atoms with Gasteiger partial charge in [-0.25, -0.2) is 4.99 Å². The van der Waals surface area contributed by atoms with Gasteiger partial charge in [-0.2, -0.15) is 0 Å². The molecule has 2 heterocycles. The van der Waals surface area contributed by atoms with E-state index in [1.54, 1.807) is 18.2 Å². The van der Waals surface area contributed by atoms with Crippen molar-refractivity contribution in [2.24, 2.45) is 4.99 Å². The number of carbonyl (C=O) groups excluding carboxylic acids is 1. The fraction of sp³-hybridized carbons (Fsp3) is 0.143. The second kappa shape index (κ2) is 5.99. The maximum atomic E-state index is 12.2. The van der Waals surface area contributed by atoms with Crippen molar-refractivity contribution >= 4 is 56.9 Å². The van der Waals surface area contributed by atoms with Gasteiger partial charge in [-0.15, -0.1) is 11.3 Å². The first kappa shape index (κ1) is 16.0. The van der Waals surface area contributed by atoms with Gasteiger partial charge in [0.05, 0.1) is 17.4 Å². The third kappa shape index (κ3) is 2.87. The molecule has 1 aromatic heterocycles. The number of hydrogen-bond donors (Lipinski definition) is 2. The molecule has 0 atom stereocenters. The molecular weight excluding hydrogens is 404 g/mol. The average molecular weight is 413 g/mol. The Balaban J connectivity index is 2.20. The number of carbonyl (C=O) groups is 2. The Hall–Kier alpha value is -1.84. The molecule has 1 aliphatic heterocycles. The number of aliphatic carboxylic acids is 1. The first-order chi connectivity index (χ1) is 10.9. The zero-order valence-corrected chi connectivity index (χ0v) is 14.7. The Morgan fingerprint density at radius 2 is 2.17 bits per heavy atom. The van der Waals surface area contributed by atoms with Crippen LogP contribution in [0.4, 0.5) is 0 Å². The fourth-order valence-electron chi connectivity index (χ4n) is 2.27. The minimum atomic E-state index is -0.993. The molecule has 0 unspecified atom stereocenters. The van der Waals surface area contributed by atoms with E-state index in [4.69, 9.17) is 17.3 Å². The van der Waals surface area contributed by atoms with E-state index in [0.29, 0.717) is 19.4 Å². The molecule has 0 saturated heterocycles. The summed E-state index contributed by atoms with van der Waals surface area (Å²) in [6.45, 7) is 0.0421. The van der Waals surface area contributed by atoms with Crippen molar-refractivity contribution in [3.63, 3.8) is 0 Å². The van der Waals surface area contributed by atoms with Gasteiger partial charge in [-0.3, -0.25) is 14.2 Å². The minimum absolute atomic E-state index is 0.0421. The molecular formula is C14H9BrN2O4S2. The largest absolute Gasteiger partial charge is 0.493 e. The number of amides is 1. The summed E-state index contributed by atoms with van der Waals surface area (Å²) >= 11 is 9.59. The number of fused-ring (bicyclic) bond motifs is 1. The Morgan fingerprint density at radius 3 is 2.87 bits per heavy atom. The Morgan fingerprint density at radius 1 is 1.43 bits per heavy atom. The van der Waals surface area contributed by atoms with Crippen molar-refractivity contribution in [1.29, 1.82) is 0 Å². The molecule has 1 aliphatic rings. The summed E-state index contributed by atoms with van der Waals surface area (Å²) in [7, 11) is 0. The molecule has 2 aromatic rings. The molecule has 3 rings (SSSR count). The second-order valence-electron chi connectivity index (χ2n) is 4.77. The fourth-order valence-corrected chi connectivity index (χ4v) is 4.02. The van der Waals surface area contributed by atoms with Crippen molar-refractivity contribution in [1.82, 2.24) is 4.57 Å². The summed E-state index contributed by atoms with van der Waals surface area (Å²) in [6, 6.07) is 5.24. The number of carboxylic acids is 1. The van der Waals surface area contributed by atoms with Gasteiger partial charge in [0.25, 0.3) is 5.91 Å². The zero-order chi connectivity index (χ0) is 16.7. The molecule has 0 aliphatic carbocycles. The predicted octanol–water partition coefficient (Wildman–Crippen LogP) is 1.58. The van der Waals surface area contributed by atoms with E-state index in [2.05, 4.69) is 20.9 Å². The first-order valence-electron chi connectivity index (χ1n) is 6.46. The summed E-state index contributed by atoms with van der Waals surface area (Å²) < 4.78 is 2.41. The van der Waals surface area contributed by atoms with Crippen molar-refractivity contribution in [2.75, 3.05) is 0 Å². The van der Waals surface area contributed by atoms with Crippen LogP contribution >= 0.6 is 39.5 Å². The molecule has 0 spiro atoms. The van der Waals surface area contributed by atoms with Crippen LogP contribution in [-0.4, -0.2) is 26.7 Å². The summed E-state index contributed by atoms with van der Waals surface area (Å²) in [5.74, 6) is -1.64. The summed E-state index contributed by atoms with van der Waals surface area (Å²) in [5, 5.41) is 20.3. The van der Waals surface area contributed by atoms with Crippen LogP contribution in [0.25, 0.3) is 5.57 Å². The topological polar surface area (TPSA) is 91.9 Å². The van der Waals surface area contributed by atoms with Crippen molar-refractivity contribution < 1.29 is 19.8 Å². The molecule has 0 fully saturated rings. The molecule has 0 radical (unpaired) electrons. The third-order valence-electron chi connectivity index (χ3n) is 3.31. The first-order valence-corrected chi connectivity index (χ1v) is 8.48. The molecule has 1 amide bonds. The maximum absolute atomic E-state index is 12.2. The lowest BCUT2D eigenvalue weighted by atomic mass is 10.1. The molecule has 9 heteroatoms. The van der Waals surface area contributed by atoms with Crippen molar-refractivity contribution in [3.05, 3.63) is 42.1 Å². The van der Waals surface area contributed by atoms with E-state index >= 15 is 0 Å². The zero-order valence-electron chi connectivity index (χ0n) is 11.4. The van der Waals surface area contributed by atoms with Crippen LogP contribution in [0.2, 0.25) is 0 Å². The number of carboxylic acid groups (broad SMARTS) is 1. The van der Waals surface area contributed by atoms with Crippen LogP contribution in [-0.2, 0) is 16.1 Å². The molecule has 2 N–H and O–H groups in total. The number of aromatic hydroxyl groups is 1. The lowest BCUT2D eigenvalue weighted by molar-refractivity contribution is -0.137. The van der Waals surface area contributed by atoms with Crippen molar-refractivity contribution in [2.45, 2.75) is 13.0 Å². The van der Waals surface area contributed by atoms with E-state index in [1.165, 1.54) is 4.57 Å². The Bertz CT molecular complexity index is 1020. The number of halogens is 1. The smallest absolute Gasteiger partial charge is 0.305 e. The highest BCUT2D eigenvalue weighted by Crippen LogP contribution is 2.32. The highest BCUT2D eigenvalue weighted by molar-refractivity contribution is 9.10. The molecule has 1 aromatic carbocycles. The molecule has 23 heavy (non-hydrogen) atoms. The van der Waals surface area contributed by atoms with Crippen molar-refractivity contribution in [3.8, 4) is 5.88 Å². The third-order valence-corrected chi connectivity index (χ3v) is 5.26. The van der Waals surface area contributed by atoms with Crippen LogP contribution < -0.4 is 10.6 Å². The van der Waals surface area contributed by atoms with Gasteiger partial charge >= 0.3 is 5.97 Å². The number of hydrogen-bond acceptors (Lipinski definition) is 5. The SMILES string of the molecule is O=C(O)CCn1c(O)c(C2=c3cc(Br)ccc3=NC2=O)sc1=S. The highest BCUT2D eigenvalue weighted by atomic mass is 79.9. The van der Waals surface area contributed by atoms with E-state index in [-0.39, 0.29) is 24.4 Å². The van der Waals surface area contributed by atoms with E-state index < -0.39 is 11.9 Å². The second-order valence-corrected chi connectivity index (χ2v) is 7.33. The monoisotopic (exact) mass is 412 g/mol. The number of rotatable bonds is 4. The maximum Gasteiger partial charge on any atom is 0.305 e. The van der Waals surface area contributed by atoms with E-state index in [0.717, 1.165) is 15.8 Å². The average Bonchev–Trinajstić information content (AvgIpc) is 2.93. The van der Waals surface area contributed by atoms with E-state index in [9.17, 15) is 14.7 Å². The number of nitrogens with zero attached hydrogens (tertiary/aromatic N) is 2. The Labute approximate surface area is 147 Å². The van der Waals surface area contributed by atoms with Crippen LogP contribution in [0.5, 0.6) is 5.88 Å². The lowest BCUT2D eigenvalue weighted by Gasteiger charge is -2.03. The number of benzene rings is 1. The van der Waals surface area contributed by atoms with Crippen LogP contribution in [0.1, 0.15) is 11.3 Å². The molecule has 6 nitrogen and oxygen atoms in total. The molecule has 0 bridgehead atoms. The van der Waals surface area contributed by atoms with Gasteiger partial charge in [0.2, 0.25) is 5.88 Å². The number of aromatic nitrogens is 1. The lowest BCUT2D eigenvalue weighted by Crippen LogP contribution is -2.22. The summed E-state index contributed by atoms with van der Waals surface area (Å²) in [5.41, 5.74) is 0.281. The molecule has 118 valence electrons. The van der Waals surface area contributed by atoms with Crippen LogP contribution in [0.3, 0.4) is 0 Å².